The summed E-state index contributed by atoms with van der Waals surface area (Å²) in [6, 6.07) is 9.45. The lowest BCUT2D eigenvalue weighted by molar-refractivity contribution is -0.123. The zero-order chi connectivity index (χ0) is 44.5. The first-order valence-corrected chi connectivity index (χ1v) is 22.5. The number of carbonyl (C=O) groups is 3. The Hall–Kier alpha value is -5.53. The van der Waals surface area contributed by atoms with E-state index in [0.29, 0.717) is 55.4 Å². The lowest BCUT2D eigenvalue weighted by Gasteiger charge is -2.38. The summed E-state index contributed by atoms with van der Waals surface area (Å²) in [7, 11) is 0. The van der Waals surface area contributed by atoms with E-state index in [2.05, 4.69) is 78.7 Å². The van der Waals surface area contributed by atoms with Crippen molar-refractivity contribution in [2.24, 2.45) is 4.99 Å². The number of nitrogens with zero attached hydrogens (tertiary/aromatic N) is 7. The molecule has 2 aliphatic rings. The Kier molecular flexibility index (Phi) is 15.3. The molecule has 5 N–H and O–H groups in total. The van der Waals surface area contributed by atoms with Crippen molar-refractivity contribution < 1.29 is 23.9 Å². The number of likely N-dealkylation sites (tertiary alicyclic amines) is 1. The van der Waals surface area contributed by atoms with Crippen LogP contribution < -0.4 is 21.3 Å². The molecule has 0 bridgehead atoms. The van der Waals surface area contributed by atoms with Crippen LogP contribution >= 0.6 is 22.9 Å². The van der Waals surface area contributed by atoms with Crippen LogP contribution in [-0.2, 0) is 23.9 Å². The lowest BCUT2D eigenvalue weighted by atomic mass is 9.98. The Morgan fingerprint density at radius 3 is 2.51 bits per heavy atom. The molecule has 3 amide bonds. The fraction of sp³-hybridized carbons (Fsp3) is 0.455. The zero-order valence-electron chi connectivity index (χ0n) is 36.1. The number of hydrogen-bond acceptors (Lipinski definition) is 13. The Labute approximate surface area is 375 Å². The number of benzene rings is 1. The van der Waals surface area contributed by atoms with Crippen LogP contribution in [0, 0.1) is 20.8 Å². The highest BCUT2D eigenvalue weighted by molar-refractivity contribution is 7.15. The molecule has 6 heterocycles. The van der Waals surface area contributed by atoms with E-state index >= 15 is 0 Å². The summed E-state index contributed by atoms with van der Waals surface area (Å²) in [5.74, 6) is 1.54. The maximum absolute atomic E-state index is 13.2. The molecule has 1 saturated heterocycles. The molecule has 1 aromatic carbocycles. The van der Waals surface area contributed by atoms with Gasteiger partial charge in [0.25, 0.3) is 0 Å². The Morgan fingerprint density at radius 1 is 0.937 bits per heavy atom. The van der Waals surface area contributed by atoms with Gasteiger partial charge >= 0.3 is 0 Å². The molecule has 7 rings (SSSR count). The molecule has 0 saturated carbocycles. The quantitative estimate of drug-likeness (QED) is 0.0533. The first-order valence-electron chi connectivity index (χ1n) is 21.3. The van der Waals surface area contributed by atoms with Gasteiger partial charge in [0.2, 0.25) is 17.7 Å². The third-order valence-electron chi connectivity index (χ3n) is 11.3. The zero-order valence-corrected chi connectivity index (χ0v) is 37.7. The maximum atomic E-state index is 13.2. The van der Waals surface area contributed by atoms with E-state index in [-0.39, 0.29) is 56.3 Å². The number of piperidine rings is 1. The largest absolute Gasteiger partial charge is 0.379 e. The molecular formula is C44H55ClN12O5S. The standard InChI is InChI=1S/C44H55ClN12O5S/c1-26(23-56-24-33(11-6-27(56)2)52-41-34-12-14-48-40(34)50-25-51-41)43(60)49-16-15-46-36(58)13-18-61-20-21-62-19-17-47-37(59)22-35-42-55-54-30(5)57(42)44-38(28(3)29(4)63-44)39(53-35)31-7-9-32(45)10-8-31/h7-10,12,14,25,27,33,35H,1,6,11,13,15-24H2,2-5H3,(H,46,58)(H,47,59)(H,49,60)(H2,48,50,51,52)/t27-,33-,35+/m0/s1. The van der Waals surface area contributed by atoms with Crippen LogP contribution in [0.5, 0.6) is 0 Å². The normalized spacial score (nSPS) is 17.3. The molecular weight excluding hydrogens is 844 g/mol. The van der Waals surface area contributed by atoms with E-state index in [9.17, 15) is 14.4 Å². The molecule has 334 valence electrons. The molecule has 5 aromatic rings. The van der Waals surface area contributed by atoms with Crippen molar-refractivity contribution in [3.63, 3.8) is 0 Å². The van der Waals surface area contributed by atoms with Gasteiger partial charge in [0.1, 0.15) is 34.7 Å². The van der Waals surface area contributed by atoms with E-state index in [4.69, 9.17) is 26.1 Å². The molecule has 0 unspecified atom stereocenters. The van der Waals surface area contributed by atoms with Crippen molar-refractivity contribution in [1.82, 2.24) is 50.6 Å². The van der Waals surface area contributed by atoms with Gasteiger partial charge in [-0.1, -0.05) is 30.3 Å². The van der Waals surface area contributed by atoms with E-state index in [1.165, 1.54) is 4.88 Å². The van der Waals surface area contributed by atoms with Crippen molar-refractivity contribution in [3.8, 4) is 5.00 Å². The molecule has 0 spiro atoms. The van der Waals surface area contributed by atoms with Gasteiger partial charge in [-0.2, -0.15) is 0 Å². The Morgan fingerprint density at radius 2 is 1.70 bits per heavy atom. The number of halogens is 1. The topological polar surface area (TPSA) is 206 Å². The molecule has 17 nitrogen and oxygen atoms in total. The molecule has 2 aliphatic heterocycles. The van der Waals surface area contributed by atoms with Gasteiger partial charge in [-0.25, -0.2) is 9.97 Å². The first-order chi connectivity index (χ1) is 30.5. The molecule has 1 fully saturated rings. The number of aromatic amines is 1. The number of carbonyl (C=O) groups excluding carboxylic acids is 3. The summed E-state index contributed by atoms with van der Waals surface area (Å²) in [6.07, 6.45) is 5.61. The van der Waals surface area contributed by atoms with Gasteiger partial charge in [-0.05, 0) is 64.3 Å². The number of rotatable bonds is 20. The summed E-state index contributed by atoms with van der Waals surface area (Å²) in [6.45, 7) is 15.5. The van der Waals surface area contributed by atoms with Crippen LogP contribution in [0.2, 0.25) is 5.02 Å². The highest BCUT2D eigenvalue weighted by Gasteiger charge is 2.33. The maximum Gasteiger partial charge on any atom is 0.247 e. The fourth-order valence-corrected chi connectivity index (χ4v) is 9.08. The minimum atomic E-state index is -0.563. The highest BCUT2D eigenvalue weighted by atomic mass is 35.5. The van der Waals surface area contributed by atoms with Gasteiger partial charge < -0.3 is 35.7 Å². The fourth-order valence-electron chi connectivity index (χ4n) is 7.74. The summed E-state index contributed by atoms with van der Waals surface area (Å²) >= 11 is 7.88. The van der Waals surface area contributed by atoms with Gasteiger partial charge in [0.15, 0.2) is 5.82 Å². The number of H-pyrrole nitrogens is 1. The number of hydrogen-bond donors (Lipinski definition) is 5. The monoisotopic (exact) mass is 898 g/mol. The van der Waals surface area contributed by atoms with Crippen molar-refractivity contribution in [1.29, 1.82) is 0 Å². The van der Waals surface area contributed by atoms with E-state index < -0.39 is 6.04 Å². The van der Waals surface area contributed by atoms with Crippen LogP contribution in [0.3, 0.4) is 0 Å². The summed E-state index contributed by atoms with van der Waals surface area (Å²) in [4.78, 5) is 58.8. The van der Waals surface area contributed by atoms with Crippen molar-refractivity contribution in [2.45, 2.75) is 71.5 Å². The smallest absolute Gasteiger partial charge is 0.247 e. The number of anilines is 1. The van der Waals surface area contributed by atoms with Gasteiger partial charge in [-0.3, -0.25) is 28.8 Å². The Balaban J connectivity index is 0.748. The number of fused-ring (bicyclic) bond motifs is 4. The minimum Gasteiger partial charge on any atom is -0.379 e. The van der Waals surface area contributed by atoms with Crippen molar-refractivity contribution >= 4 is 63.2 Å². The van der Waals surface area contributed by atoms with E-state index in [0.717, 1.165) is 69.5 Å². The average Bonchev–Trinajstić information content (AvgIpc) is 3.96. The average molecular weight is 900 g/mol. The summed E-state index contributed by atoms with van der Waals surface area (Å²) in [5.41, 5.74) is 5.09. The molecule has 63 heavy (non-hydrogen) atoms. The van der Waals surface area contributed by atoms with Gasteiger partial charge in [0.05, 0.1) is 43.9 Å². The Bertz CT molecular complexity index is 2450. The van der Waals surface area contributed by atoms with Crippen LogP contribution in [0.25, 0.3) is 16.0 Å². The predicted octanol–water partition coefficient (Wildman–Crippen LogP) is 4.75. The van der Waals surface area contributed by atoms with E-state index in [1.807, 2.05) is 48.0 Å². The summed E-state index contributed by atoms with van der Waals surface area (Å²) in [5, 5.41) is 23.5. The lowest BCUT2D eigenvalue weighted by Crippen LogP contribution is -2.48. The first kappa shape index (κ1) is 45.5. The summed E-state index contributed by atoms with van der Waals surface area (Å²) < 4.78 is 13.2. The third-order valence-corrected chi connectivity index (χ3v) is 12.7. The van der Waals surface area contributed by atoms with Crippen molar-refractivity contribution in [2.75, 3.05) is 64.5 Å². The second-order valence-corrected chi connectivity index (χ2v) is 17.4. The number of ether oxygens (including phenoxy) is 2. The van der Waals surface area contributed by atoms with Crippen LogP contribution in [0.4, 0.5) is 5.82 Å². The predicted molar refractivity (Wildman–Crippen MR) is 244 cm³/mol. The highest BCUT2D eigenvalue weighted by Crippen LogP contribution is 2.39. The molecule has 3 atom stereocenters. The number of amides is 3. The van der Waals surface area contributed by atoms with Crippen LogP contribution in [0.15, 0.2) is 60.0 Å². The van der Waals surface area contributed by atoms with Crippen LogP contribution in [0.1, 0.15) is 71.9 Å². The second-order valence-electron chi connectivity index (χ2n) is 15.8. The number of aryl methyl sites for hydroxylation is 2. The third kappa shape index (κ3) is 11.4. The van der Waals surface area contributed by atoms with Crippen molar-refractivity contribution in [3.05, 3.63) is 93.2 Å². The SMILES string of the molecule is C=C(CN1C[C@@H](Nc2ncnc3[nH]ccc23)CC[C@@H]1C)C(=O)NCCNC(=O)CCOCCOCCNC(=O)C[C@H]1N=C(c2ccc(Cl)cc2)c2c(sc(C)c2C)-n2c(C)nnc21. The molecule has 4 aromatic heterocycles. The number of thiophene rings is 1. The second kappa shape index (κ2) is 21.2. The minimum absolute atomic E-state index is 0.0800. The number of aromatic nitrogens is 6. The number of nitrogens with one attached hydrogen (secondary N) is 5. The molecule has 0 radical (unpaired) electrons. The molecule has 0 aliphatic carbocycles. The van der Waals surface area contributed by atoms with E-state index in [1.54, 1.807) is 17.7 Å². The molecule has 19 heteroatoms. The van der Waals surface area contributed by atoms with Gasteiger partial charge in [0, 0.05) is 84.0 Å². The van der Waals surface area contributed by atoms with Crippen LogP contribution in [-0.4, -0.2) is 129 Å². The number of aliphatic imine (C=N–C) groups is 1. The van der Waals surface area contributed by atoms with Gasteiger partial charge in [-0.15, -0.1) is 21.5 Å².